The van der Waals surface area contributed by atoms with Gasteiger partial charge < -0.3 is 20.7 Å². The molecule has 138 valence electrons. The van der Waals surface area contributed by atoms with E-state index in [1.807, 2.05) is 13.8 Å². The monoisotopic (exact) mass is 349 g/mol. The molecule has 7 nitrogen and oxygen atoms in total. The molecule has 0 radical (unpaired) electrons. The Hall–Kier alpha value is -2.57. The summed E-state index contributed by atoms with van der Waals surface area (Å²) in [6, 6.07) is 6.84. The number of rotatable bonds is 6. The molecule has 1 aromatic rings. The quantitative estimate of drug-likeness (QED) is 0.735. The Morgan fingerprint density at radius 3 is 2.00 bits per heavy atom. The average molecular weight is 349 g/mol. The first-order valence-electron chi connectivity index (χ1n) is 8.24. The van der Waals surface area contributed by atoms with E-state index in [0.717, 1.165) is 0 Å². The average Bonchev–Trinajstić information content (AvgIpc) is 2.47. The van der Waals surface area contributed by atoms with Crippen LogP contribution in [0.2, 0.25) is 0 Å². The second kappa shape index (κ2) is 9.05. The van der Waals surface area contributed by atoms with Gasteiger partial charge in [0.1, 0.15) is 5.60 Å². The Morgan fingerprint density at radius 2 is 1.52 bits per heavy atom. The summed E-state index contributed by atoms with van der Waals surface area (Å²) >= 11 is 0. The highest BCUT2D eigenvalue weighted by atomic mass is 16.6. The van der Waals surface area contributed by atoms with Crippen molar-refractivity contribution in [3.8, 4) is 0 Å². The van der Waals surface area contributed by atoms with Crippen molar-refractivity contribution in [2.75, 3.05) is 17.2 Å². The van der Waals surface area contributed by atoms with Crippen LogP contribution < -0.4 is 16.0 Å². The van der Waals surface area contributed by atoms with Crippen LogP contribution in [0.4, 0.5) is 16.2 Å². The van der Waals surface area contributed by atoms with E-state index >= 15 is 0 Å². The molecule has 25 heavy (non-hydrogen) atoms. The number of nitrogens with one attached hydrogen (secondary N) is 3. The first-order valence-corrected chi connectivity index (χ1v) is 8.24. The van der Waals surface area contributed by atoms with Crippen molar-refractivity contribution in [3.63, 3.8) is 0 Å². The fourth-order valence-electron chi connectivity index (χ4n) is 1.74. The van der Waals surface area contributed by atoms with Crippen molar-refractivity contribution in [1.29, 1.82) is 0 Å². The van der Waals surface area contributed by atoms with Gasteiger partial charge in [-0.05, 0) is 45.0 Å². The molecule has 0 aliphatic rings. The molecule has 0 spiro atoms. The summed E-state index contributed by atoms with van der Waals surface area (Å²) in [5, 5.41) is 8.03. The number of amides is 3. The van der Waals surface area contributed by atoms with Crippen molar-refractivity contribution in [2.45, 2.75) is 46.6 Å². The number of carbonyl (C=O) groups excluding carboxylic acids is 3. The first-order chi connectivity index (χ1) is 11.6. The minimum atomic E-state index is -0.570. The Bertz CT molecular complexity index is 604. The summed E-state index contributed by atoms with van der Waals surface area (Å²) in [6.45, 7) is 9.12. The number of anilines is 2. The molecule has 0 saturated carbocycles. The second-order valence-electron chi connectivity index (χ2n) is 6.95. The largest absolute Gasteiger partial charge is 0.444 e. The summed E-state index contributed by atoms with van der Waals surface area (Å²) in [5.41, 5.74) is 0.715. The number of hydrogen-bond donors (Lipinski definition) is 3. The van der Waals surface area contributed by atoms with E-state index in [1.165, 1.54) is 0 Å². The summed E-state index contributed by atoms with van der Waals surface area (Å²) in [5.74, 6) is -0.392. The molecule has 0 aliphatic heterocycles. The third-order valence-corrected chi connectivity index (χ3v) is 2.98. The number of carbonyl (C=O) groups is 3. The lowest BCUT2D eigenvalue weighted by atomic mass is 10.2. The maximum Gasteiger partial charge on any atom is 0.407 e. The van der Waals surface area contributed by atoms with Crippen molar-refractivity contribution < 1.29 is 19.1 Å². The van der Waals surface area contributed by atoms with Crippen LogP contribution >= 0.6 is 0 Å². The highest BCUT2D eigenvalue weighted by Crippen LogP contribution is 2.14. The van der Waals surface area contributed by atoms with Crippen LogP contribution in [0.3, 0.4) is 0 Å². The number of hydrogen-bond acceptors (Lipinski definition) is 4. The third kappa shape index (κ3) is 8.74. The molecule has 0 atom stereocenters. The molecule has 1 aromatic carbocycles. The van der Waals surface area contributed by atoms with Gasteiger partial charge in [0.2, 0.25) is 11.8 Å². The minimum absolute atomic E-state index is 0.0648. The van der Waals surface area contributed by atoms with Gasteiger partial charge in [0, 0.05) is 30.3 Å². The smallest absolute Gasteiger partial charge is 0.407 e. The molecular formula is C18H27N3O4. The van der Waals surface area contributed by atoms with Crippen LogP contribution in [-0.2, 0) is 14.3 Å². The summed E-state index contributed by atoms with van der Waals surface area (Å²) in [7, 11) is 0. The topological polar surface area (TPSA) is 96.5 Å². The highest BCUT2D eigenvalue weighted by Gasteiger charge is 2.15. The van der Waals surface area contributed by atoms with Crippen LogP contribution in [0.1, 0.15) is 41.0 Å². The van der Waals surface area contributed by atoms with E-state index in [1.54, 1.807) is 45.0 Å². The first kappa shape index (κ1) is 20.5. The Kier molecular flexibility index (Phi) is 7.42. The Labute approximate surface area is 148 Å². The summed E-state index contributed by atoms with van der Waals surface area (Å²) in [6.07, 6.45) is -0.420. The molecule has 0 aliphatic carbocycles. The minimum Gasteiger partial charge on any atom is -0.444 e. The van der Waals surface area contributed by atoms with Gasteiger partial charge in [-0.25, -0.2) is 4.79 Å². The predicted octanol–water partition coefficient (Wildman–Crippen LogP) is 3.13. The third-order valence-electron chi connectivity index (χ3n) is 2.98. The molecule has 0 saturated heterocycles. The highest BCUT2D eigenvalue weighted by molar-refractivity contribution is 5.93. The van der Waals surface area contributed by atoms with Crippen LogP contribution in [0, 0.1) is 5.92 Å². The van der Waals surface area contributed by atoms with E-state index in [-0.39, 0.29) is 30.7 Å². The van der Waals surface area contributed by atoms with Gasteiger partial charge in [0.15, 0.2) is 0 Å². The molecule has 3 N–H and O–H groups in total. The van der Waals surface area contributed by atoms with Gasteiger partial charge >= 0.3 is 6.09 Å². The lowest BCUT2D eigenvalue weighted by molar-refractivity contribution is -0.119. The normalized spacial score (nSPS) is 11.0. The van der Waals surface area contributed by atoms with Crippen molar-refractivity contribution in [3.05, 3.63) is 24.3 Å². The lowest BCUT2D eigenvalue weighted by Gasteiger charge is -2.19. The standard InChI is InChI=1S/C18H27N3O4/c1-12(2)16(23)21-14-8-6-13(7-9-14)20-15(22)10-11-19-17(24)25-18(3,4)5/h6-9,12H,10-11H2,1-5H3,(H,19,24)(H,20,22)(H,21,23). The number of benzene rings is 1. The predicted molar refractivity (Wildman–Crippen MR) is 97.4 cm³/mol. The zero-order valence-corrected chi connectivity index (χ0v) is 15.4. The van der Waals surface area contributed by atoms with Crippen molar-refractivity contribution >= 4 is 29.3 Å². The van der Waals surface area contributed by atoms with Crippen LogP contribution in [0.15, 0.2) is 24.3 Å². The molecule has 1 rings (SSSR count). The zero-order valence-electron chi connectivity index (χ0n) is 15.4. The van der Waals surface area contributed by atoms with Gasteiger partial charge in [-0.1, -0.05) is 13.8 Å². The molecule has 0 fully saturated rings. The fraction of sp³-hybridized carbons (Fsp3) is 0.500. The number of ether oxygens (including phenoxy) is 1. The van der Waals surface area contributed by atoms with E-state index in [4.69, 9.17) is 4.74 Å². The van der Waals surface area contributed by atoms with E-state index in [2.05, 4.69) is 16.0 Å². The van der Waals surface area contributed by atoms with Crippen LogP contribution in [0.25, 0.3) is 0 Å². The molecular weight excluding hydrogens is 322 g/mol. The zero-order chi connectivity index (χ0) is 19.0. The molecule has 0 unspecified atom stereocenters. The molecule has 0 aromatic heterocycles. The van der Waals surface area contributed by atoms with E-state index in [9.17, 15) is 14.4 Å². The molecule has 0 bridgehead atoms. The second-order valence-corrected chi connectivity index (χ2v) is 6.95. The molecule has 7 heteroatoms. The lowest BCUT2D eigenvalue weighted by Crippen LogP contribution is -2.34. The van der Waals surface area contributed by atoms with Crippen molar-refractivity contribution in [1.82, 2.24) is 5.32 Å². The van der Waals surface area contributed by atoms with E-state index < -0.39 is 11.7 Å². The van der Waals surface area contributed by atoms with Gasteiger partial charge in [0.05, 0.1) is 0 Å². The molecule has 3 amide bonds. The maximum absolute atomic E-state index is 11.9. The van der Waals surface area contributed by atoms with Gasteiger partial charge in [-0.2, -0.15) is 0 Å². The summed E-state index contributed by atoms with van der Waals surface area (Å²) in [4.78, 5) is 34.9. The Balaban J connectivity index is 2.37. The Morgan fingerprint density at radius 1 is 1.00 bits per heavy atom. The summed E-state index contributed by atoms with van der Waals surface area (Å²) < 4.78 is 5.08. The van der Waals surface area contributed by atoms with Gasteiger partial charge in [-0.3, -0.25) is 9.59 Å². The van der Waals surface area contributed by atoms with E-state index in [0.29, 0.717) is 11.4 Å². The van der Waals surface area contributed by atoms with Crippen LogP contribution in [-0.4, -0.2) is 30.1 Å². The van der Waals surface area contributed by atoms with Crippen LogP contribution in [0.5, 0.6) is 0 Å². The van der Waals surface area contributed by atoms with Gasteiger partial charge in [0.25, 0.3) is 0 Å². The fourth-order valence-corrected chi connectivity index (χ4v) is 1.74. The number of alkyl carbamates (subject to hydrolysis) is 1. The van der Waals surface area contributed by atoms with Gasteiger partial charge in [-0.15, -0.1) is 0 Å². The maximum atomic E-state index is 11.9. The SMILES string of the molecule is CC(C)C(=O)Nc1ccc(NC(=O)CCNC(=O)OC(C)(C)C)cc1. The molecule has 0 heterocycles. The van der Waals surface area contributed by atoms with Crippen molar-refractivity contribution in [2.24, 2.45) is 5.92 Å².